The molecule has 1 N–H and O–H groups in total. The van der Waals surface area contributed by atoms with Gasteiger partial charge in [-0.05, 0) is 36.2 Å². The minimum absolute atomic E-state index is 0.0664. The predicted molar refractivity (Wildman–Crippen MR) is 124 cm³/mol. The molecule has 0 fully saturated rings. The molecule has 0 amide bonds. The lowest BCUT2D eigenvalue weighted by atomic mass is 10.1. The molecule has 0 saturated heterocycles. The van der Waals surface area contributed by atoms with Crippen LogP contribution in [0.3, 0.4) is 0 Å². The highest BCUT2D eigenvalue weighted by Crippen LogP contribution is 2.44. The van der Waals surface area contributed by atoms with Gasteiger partial charge in [-0.2, -0.15) is 13.2 Å². The van der Waals surface area contributed by atoms with Gasteiger partial charge in [-0.25, -0.2) is 23.7 Å². The maximum atomic E-state index is 14.2. The summed E-state index contributed by atoms with van der Waals surface area (Å²) in [6, 6.07) is 6.70. The maximum Gasteiger partial charge on any atom is 0.434 e. The Labute approximate surface area is 211 Å². The van der Waals surface area contributed by atoms with E-state index in [1.807, 2.05) is 0 Å². The number of alkyl halides is 3. The van der Waals surface area contributed by atoms with Crippen LogP contribution in [0.5, 0.6) is 17.2 Å². The minimum atomic E-state index is -4.80. The topological polar surface area (TPSA) is 69.2 Å². The Hall–Kier alpha value is -3.44. The van der Waals surface area contributed by atoms with Crippen molar-refractivity contribution < 1.29 is 31.4 Å². The molecule has 0 saturated carbocycles. The fraction of sp³-hybridized carbons (Fsp3) is 0.174. The highest BCUT2D eigenvalue weighted by molar-refractivity contribution is 6.37. The quantitative estimate of drug-likeness (QED) is 0.250. The van der Waals surface area contributed by atoms with E-state index in [0.29, 0.717) is 6.42 Å². The van der Waals surface area contributed by atoms with Crippen LogP contribution in [-0.4, -0.2) is 28.6 Å². The molecule has 36 heavy (non-hydrogen) atoms. The van der Waals surface area contributed by atoms with Crippen LogP contribution in [0.2, 0.25) is 10.0 Å². The molecule has 2 aromatic heterocycles. The van der Waals surface area contributed by atoms with E-state index in [4.69, 9.17) is 32.7 Å². The van der Waals surface area contributed by atoms with Crippen molar-refractivity contribution in [2.45, 2.75) is 12.6 Å². The molecular weight excluding hydrogens is 530 g/mol. The average Bonchev–Trinajstić information content (AvgIpc) is 2.83. The third-order valence-electron chi connectivity index (χ3n) is 5.03. The van der Waals surface area contributed by atoms with Crippen LogP contribution in [0.4, 0.5) is 27.8 Å². The highest BCUT2D eigenvalue weighted by atomic mass is 35.5. The van der Waals surface area contributed by atoms with Gasteiger partial charge in [0.15, 0.2) is 22.9 Å². The van der Waals surface area contributed by atoms with Gasteiger partial charge in [0.1, 0.15) is 39.3 Å². The van der Waals surface area contributed by atoms with E-state index in [1.54, 1.807) is 12.1 Å². The summed E-state index contributed by atoms with van der Waals surface area (Å²) in [5.74, 6) is -1.36. The molecule has 0 aliphatic rings. The largest absolute Gasteiger partial charge is 0.493 e. The molecule has 0 aliphatic carbocycles. The fourth-order valence-electron chi connectivity index (χ4n) is 3.36. The Balaban J connectivity index is 1.52. The number of benzene rings is 2. The lowest BCUT2D eigenvalue weighted by Crippen LogP contribution is -2.09. The molecule has 0 atom stereocenters. The molecule has 13 heteroatoms. The number of rotatable bonds is 7. The van der Waals surface area contributed by atoms with Gasteiger partial charge in [-0.15, -0.1) is 0 Å². The first-order valence-electron chi connectivity index (χ1n) is 10.2. The standard InChI is InChI=1S/C23H15Cl2F5N4O2/c1-35-16-8-11(6-7-31-22-17-13(26)3-4-14(27)19(17)33-10-34-22)2-5-15(16)36-20-12(24)9-32-21(18(20)25)23(28,29)30/h2-5,8-10H,6-7H2,1H3,(H,31,33,34). The van der Waals surface area contributed by atoms with Gasteiger partial charge < -0.3 is 14.8 Å². The molecule has 0 bridgehead atoms. The van der Waals surface area contributed by atoms with Gasteiger partial charge in [0.2, 0.25) is 0 Å². The molecule has 4 aromatic rings. The molecular formula is C23H15Cl2F5N4O2. The average molecular weight is 545 g/mol. The van der Waals surface area contributed by atoms with Crippen molar-refractivity contribution in [3.05, 3.63) is 75.8 Å². The smallest absolute Gasteiger partial charge is 0.434 e. The van der Waals surface area contributed by atoms with Crippen molar-refractivity contribution in [3.8, 4) is 17.2 Å². The Kier molecular flexibility index (Phi) is 7.32. The number of pyridine rings is 1. The second-order valence-corrected chi connectivity index (χ2v) is 8.12. The second kappa shape index (κ2) is 10.3. The molecule has 0 aliphatic heterocycles. The number of nitrogens with one attached hydrogen (secondary N) is 1. The first kappa shape index (κ1) is 25.6. The molecule has 188 valence electrons. The normalized spacial score (nSPS) is 11.6. The van der Waals surface area contributed by atoms with Gasteiger partial charge >= 0.3 is 6.18 Å². The zero-order chi connectivity index (χ0) is 26.0. The number of ether oxygens (including phenoxy) is 2. The fourth-order valence-corrected chi connectivity index (χ4v) is 3.89. The van der Waals surface area contributed by atoms with E-state index < -0.39 is 34.3 Å². The van der Waals surface area contributed by atoms with E-state index >= 15 is 0 Å². The summed E-state index contributed by atoms with van der Waals surface area (Å²) in [6.07, 6.45) is -2.48. The Morgan fingerprint density at radius 3 is 2.44 bits per heavy atom. The number of hydrogen-bond donors (Lipinski definition) is 1. The number of fused-ring (bicyclic) bond motifs is 1. The van der Waals surface area contributed by atoms with E-state index in [9.17, 15) is 22.0 Å². The molecule has 2 heterocycles. The van der Waals surface area contributed by atoms with Crippen LogP contribution in [0.15, 0.2) is 42.9 Å². The monoisotopic (exact) mass is 544 g/mol. The van der Waals surface area contributed by atoms with Crippen molar-refractivity contribution in [2.24, 2.45) is 0 Å². The van der Waals surface area contributed by atoms with E-state index in [1.165, 1.54) is 13.2 Å². The van der Waals surface area contributed by atoms with Crippen LogP contribution in [0.25, 0.3) is 10.9 Å². The molecule has 2 aromatic carbocycles. The number of hydrogen-bond acceptors (Lipinski definition) is 6. The Bertz CT molecular complexity index is 1440. The highest BCUT2D eigenvalue weighted by Gasteiger charge is 2.37. The van der Waals surface area contributed by atoms with E-state index in [2.05, 4.69) is 20.3 Å². The van der Waals surface area contributed by atoms with Crippen molar-refractivity contribution in [2.75, 3.05) is 19.0 Å². The second-order valence-electron chi connectivity index (χ2n) is 7.33. The van der Waals surface area contributed by atoms with Crippen molar-refractivity contribution >= 4 is 39.9 Å². The summed E-state index contributed by atoms with van der Waals surface area (Å²) in [7, 11) is 1.35. The molecule has 0 radical (unpaired) electrons. The van der Waals surface area contributed by atoms with Crippen molar-refractivity contribution in [1.82, 2.24) is 15.0 Å². The number of aromatic nitrogens is 3. The zero-order valence-corrected chi connectivity index (χ0v) is 19.8. The van der Waals surface area contributed by atoms with E-state index in [-0.39, 0.29) is 39.8 Å². The summed E-state index contributed by atoms with van der Waals surface area (Å²) < 4.78 is 78.5. The van der Waals surface area contributed by atoms with Gasteiger partial charge in [-0.1, -0.05) is 29.3 Å². The molecule has 4 rings (SSSR count). The summed E-state index contributed by atoms with van der Waals surface area (Å²) in [6.45, 7) is 0.280. The number of halogens is 7. The molecule has 0 spiro atoms. The third-order valence-corrected chi connectivity index (χ3v) is 5.65. The number of anilines is 1. The zero-order valence-electron chi connectivity index (χ0n) is 18.3. The first-order chi connectivity index (χ1) is 17.1. The number of nitrogens with zero attached hydrogens (tertiary/aromatic N) is 3. The van der Waals surface area contributed by atoms with Crippen molar-refractivity contribution in [3.63, 3.8) is 0 Å². The Morgan fingerprint density at radius 2 is 1.72 bits per heavy atom. The SMILES string of the molecule is COc1cc(CCNc2ncnc3c(F)ccc(F)c23)ccc1Oc1c(Cl)cnc(C(F)(F)F)c1Cl. The lowest BCUT2D eigenvalue weighted by molar-refractivity contribution is -0.141. The van der Waals surface area contributed by atoms with Crippen LogP contribution in [0, 0.1) is 11.6 Å². The number of methoxy groups -OCH3 is 1. The molecule has 0 unspecified atom stereocenters. The minimum Gasteiger partial charge on any atom is -0.493 e. The van der Waals surface area contributed by atoms with Gasteiger partial charge in [-0.3, -0.25) is 0 Å². The first-order valence-corrected chi connectivity index (χ1v) is 10.9. The van der Waals surface area contributed by atoms with Gasteiger partial charge in [0.05, 0.1) is 18.7 Å². The third kappa shape index (κ3) is 5.21. The van der Waals surface area contributed by atoms with Crippen LogP contribution in [0.1, 0.15) is 11.3 Å². The Morgan fingerprint density at radius 1 is 0.972 bits per heavy atom. The lowest BCUT2D eigenvalue weighted by Gasteiger charge is -2.16. The van der Waals surface area contributed by atoms with E-state index in [0.717, 1.165) is 30.2 Å². The van der Waals surface area contributed by atoms with Gasteiger partial charge in [0, 0.05) is 6.54 Å². The maximum absolute atomic E-state index is 14.2. The van der Waals surface area contributed by atoms with Crippen LogP contribution < -0.4 is 14.8 Å². The van der Waals surface area contributed by atoms with Crippen LogP contribution in [-0.2, 0) is 12.6 Å². The summed E-state index contributed by atoms with van der Waals surface area (Å²) in [5, 5.41) is 1.88. The summed E-state index contributed by atoms with van der Waals surface area (Å²) in [5.41, 5.74) is -0.740. The summed E-state index contributed by atoms with van der Waals surface area (Å²) in [4.78, 5) is 11.0. The molecule has 6 nitrogen and oxygen atoms in total. The summed E-state index contributed by atoms with van der Waals surface area (Å²) >= 11 is 11.8. The van der Waals surface area contributed by atoms with Gasteiger partial charge in [0.25, 0.3) is 0 Å². The predicted octanol–water partition coefficient (Wildman–Crippen LogP) is 7.08. The van der Waals surface area contributed by atoms with Crippen molar-refractivity contribution in [1.29, 1.82) is 0 Å². The van der Waals surface area contributed by atoms with Crippen LogP contribution >= 0.6 is 23.2 Å².